The Morgan fingerprint density at radius 1 is 1.04 bits per heavy atom. The lowest BCUT2D eigenvalue weighted by Gasteiger charge is -2.21. The fourth-order valence-electron chi connectivity index (χ4n) is 2.71. The third kappa shape index (κ3) is 5.88. The summed E-state index contributed by atoms with van der Waals surface area (Å²) in [5.41, 5.74) is 2.63. The van der Waals surface area contributed by atoms with Gasteiger partial charge in [-0.1, -0.05) is 46.3 Å². The van der Waals surface area contributed by atoms with Crippen molar-refractivity contribution in [1.82, 2.24) is 9.88 Å². The van der Waals surface area contributed by atoms with Crippen LogP contribution in [0.25, 0.3) is 11.3 Å². The number of carbonyl (C=O) groups excluding carboxylic acids is 1. The third-order valence-electron chi connectivity index (χ3n) is 4.12. The molecule has 0 saturated carbocycles. The second-order valence-electron chi connectivity index (χ2n) is 6.50. The normalized spacial score (nSPS) is 10.6. The number of hydrogen-bond donors (Lipinski definition) is 0. The first-order valence-corrected chi connectivity index (χ1v) is 10.4. The van der Waals surface area contributed by atoms with Crippen LogP contribution in [-0.4, -0.2) is 43.0 Å². The van der Waals surface area contributed by atoms with Crippen LogP contribution in [0.15, 0.2) is 64.5 Å². The van der Waals surface area contributed by atoms with E-state index in [1.807, 2.05) is 74.1 Å². The summed E-state index contributed by atoms with van der Waals surface area (Å²) in [6.45, 7) is 1.55. The number of halogens is 2. The average Bonchev–Trinajstić information content (AvgIpc) is 3.16. The SMILES string of the molecule is CN(C)CCCN(C(=O)c1ccc(Br)cc1)c1nc(-c2ccccc2)cs1.Cl. The molecule has 1 heterocycles. The number of carbonyl (C=O) groups is 1. The number of thiazole rings is 1. The average molecular weight is 481 g/mol. The van der Waals surface area contributed by atoms with E-state index < -0.39 is 0 Å². The van der Waals surface area contributed by atoms with Gasteiger partial charge in [-0.25, -0.2) is 4.98 Å². The molecule has 0 unspecified atom stereocenters. The molecule has 1 aromatic heterocycles. The van der Waals surface area contributed by atoms with Crippen LogP contribution in [0, 0.1) is 0 Å². The van der Waals surface area contributed by atoms with Crippen LogP contribution in [0.1, 0.15) is 16.8 Å². The van der Waals surface area contributed by atoms with E-state index in [-0.39, 0.29) is 18.3 Å². The second-order valence-corrected chi connectivity index (χ2v) is 8.25. The number of nitrogens with zero attached hydrogens (tertiary/aromatic N) is 3. The van der Waals surface area contributed by atoms with E-state index in [1.165, 1.54) is 11.3 Å². The minimum Gasteiger partial charge on any atom is -0.309 e. The fourth-order valence-corrected chi connectivity index (χ4v) is 3.83. The highest BCUT2D eigenvalue weighted by Gasteiger charge is 2.21. The molecule has 1 amide bonds. The Kier molecular flexibility index (Phi) is 8.63. The van der Waals surface area contributed by atoms with Gasteiger partial charge < -0.3 is 4.90 Å². The summed E-state index contributed by atoms with van der Waals surface area (Å²) >= 11 is 4.93. The molecular weight excluding hydrogens is 458 g/mol. The van der Waals surface area contributed by atoms with E-state index in [4.69, 9.17) is 4.98 Å². The molecule has 28 heavy (non-hydrogen) atoms. The first-order valence-electron chi connectivity index (χ1n) is 8.77. The van der Waals surface area contributed by atoms with Gasteiger partial charge >= 0.3 is 0 Å². The van der Waals surface area contributed by atoms with Crippen molar-refractivity contribution in [3.63, 3.8) is 0 Å². The minimum atomic E-state index is -0.0183. The lowest BCUT2D eigenvalue weighted by molar-refractivity contribution is 0.0986. The molecule has 0 aliphatic heterocycles. The largest absolute Gasteiger partial charge is 0.309 e. The number of anilines is 1. The van der Waals surface area contributed by atoms with Gasteiger partial charge in [0.15, 0.2) is 5.13 Å². The van der Waals surface area contributed by atoms with Crippen molar-refractivity contribution < 1.29 is 4.79 Å². The summed E-state index contributed by atoms with van der Waals surface area (Å²) in [6.07, 6.45) is 0.884. The Hall–Kier alpha value is -1.73. The molecular formula is C21H23BrClN3OS. The monoisotopic (exact) mass is 479 g/mol. The van der Waals surface area contributed by atoms with Crippen molar-refractivity contribution >= 4 is 50.7 Å². The van der Waals surface area contributed by atoms with E-state index in [2.05, 4.69) is 20.8 Å². The minimum absolute atomic E-state index is 0. The van der Waals surface area contributed by atoms with Gasteiger partial charge in [0.05, 0.1) is 5.69 Å². The highest BCUT2D eigenvalue weighted by atomic mass is 79.9. The van der Waals surface area contributed by atoms with Gasteiger partial charge in [0.2, 0.25) is 0 Å². The van der Waals surface area contributed by atoms with Gasteiger partial charge in [-0.2, -0.15) is 0 Å². The molecule has 0 spiro atoms. The summed E-state index contributed by atoms with van der Waals surface area (Å²) < 4.78 is 0.957. The van der Waals surface area contributed by atoms with E-state index in [9.17, 15) is 4.79 Å². The topological polar surface area (TPSA) is 36.4 Å². The zero-order chi connectivity index (χ0) is 19.2. The van der Waals surface area contributed by atoms with Crippen LogP contribution in [0.3, 0.4) is 0 Å². The summed E-state index contributed by atoms with van der Waals surface area (Å²) in [5, 5.41) is 2.75. The van der Waals surface area contributed by atoms with E-state index in [0.29, 0.717) is 12.1 Å². The molecule has 2 aromatic carbocycles. The summed E-state index contributed by atoms with van der Waals surface area (Å²) in [7, 11) is 4.08. The quantitative estimate of drug-likeness (QED) is 0.442. The van der Waals surface area contributed by atoms with Crippen LogP contribution in [-0.2, 0) is 0 Å². The maximum absolute atomic E-state index is 13.1. The molecule has 0 saturated heterocycles. The molecule has 3 rings (SSSR count). The molecule has 0 N–H and O–H groups in total. The molecule has 0 fully saturated rings. The van der Waals surface area contributed by atoms with Crippen molar-refractivity contribution in [2.75, 3.05) is 32.1 Å². The molecule has 4 nitrogen and oxygen atoms in total. The van der Waals surface area contributed by atoms with Gasteiger partial charge in [0, 0.05) is 27.5 Å². The Balaban J connectivity index is 0.00000280. The third-order valence-corrected chi connectivity index (χ3v) is 5.51. The van der Waals surface area contributed by atoms with Gasteiger partial charge in [0.1, 0.15) is 0 Å². The van der Waals surface area contributed by atoms with Crippen LogP contribution >= 0.6 is 39.7 Å². The molecule has 0 bridgehead atoms. The predicted octanol–water partition coefficient (Wildman–Crippen LogP) is 5.59. The highest BCUT2D eigenvalue weighted by Crippen LogP contribution is 2.28. The van der Waals surface area contributed by atoms with Crippen molar-refractivity contribution in [2.24, 2.45) is 0 Å². The van der Waals surface area contributed by atoms with Gasteiger partial charge in [-0.15, -0.1) is 23.7 Å². The lowest BCUT2D eigenvalue weighted by Crippen LogP contribution is -2.33. The van der Waals surface area contributed by atoms with Crippen molar-refractivity contribution in [3.8, 4) is 11.3 Å². The van der Waals surface area contributed by atoms with Crippen LogP contribution in [0.2, 0.25) is 0 Å². The summed E-state index contributed by atoms with van der Waals surface area (Å²) in [6, 6.07) is 17.5. The highest BCUT2D eigenvalue weighted by molar-refractivity contribution is 9.10. The first kappa shape index (κ1) is 22.6. The molecule has 0 aliphatic carbocycles. The standard InChI is InChI=1S/C21H22BrN3OS.ClH/c1-24(2)13-6-14-25(20(26)17-9-11-18(22)12-10-17)21-23-19(15-27-21)16-7-4-3-5-8-16;/h3-5,7-12,15H,6,13-14H2,1-2H3;1H. The Morgan fingerprint density at radius 3 is 2.36 bits per heavy atom. The van der Waals surface area contributed by atoms with Crippen LogP contribution < -0.4 is 4.90 Å². The zero-order valence-corrected chi connectivity index (χ0v) is 19.1. The predicted molar refractivity (Wildman–Crippen MR) is 124 cm³/mol. The zero-order valence-electron chi connectivity index (χ0n) is 15.8. The summed E-state index contributed by atoms with van der Waals surface area (Å²) in [5.74, 6) is -0.0183. The van der Waals surface area contributed by atoms with Crippen molar-refractivity contribution in [3.05, 3.63) is 70.0 Å². The molecule has 0 radical (unpaired) electrons. The maximum Gasteiger partial charge on any atom is 0.260 e. The van der Waals surface area contributed by atoms with Gasteiger partial charge in [-0.05, 0) is 51.3 Å². The number of hydrogen-bond acceptors (Lipinski definition) is 4. The van der Waals surface area contributed by atoms with Crippen LogP contribution in [0.4, 0.5) is 5.13 Å². The Labute approximate surface area is 184 Å². The van der Waals surface area contributed by atoms with E-state index in [0.717, 1.165) is 33.8 Å². The van der Waals surface area contributed by atoms with Gasteiger partial charge in [0.25, 0.3) is 5.91 Å². The molecule has 0 atom stereocenters. The second kappa shape index (κ2) is 10.7. The summed E-state index contributed by atoms with van der Waals surface area (Å²) in [4.78, 5) is 21.8. The number of aromatic nitrogens is 1. The van der Waals surface area contributed by atoms with E-state index >= 15 is 0 Å². The number of benzene rings is 2. The van der Waals surface area contributed by atoms with Crippen molar-refractivity contribution in [1.29, 1.82) is 0 Å². The van der Waals surface area contributed by atoms with E-state index in [1.54, 1.807) is 4.90 Å². The Bertz CT molecular complexity index is 884. The fraction of sp³-hybridized carbons (Fsp3) is 0.238. The number of amides is 1. The van der Waals surface area contributed by atoms with Gasteiger partial charge in [-0.3, -0.25) is 9.69 Å². The molecule has 7 heteroatoms. The smallest absolute Gasteiger partial charge is 0.260 e. The van der Waals surface area contributed by atoms with Crippen LogP contribution in [0.5, 0.6) is 0 Å². The lowest BCUT2D eigenvalue weighted by atomic mass is 10.2. The maximum atomic E-state index is 13.1. The molecule has 0 aliphatic rings. The molecule has 148 valence electrons. The first-order chi connectivity index (χ1) is 13.0. The molecule has 3 aromatic rings. The number of rotatable bonds is 7. The Morgan fingerprint density at radius 2 is 1.71 bits per heavy atom. The van der Waals surface area contributed by atoms with Crippen molar-refractivity contribution in [2.45, 2.75) is 6.42 Å².